The highest BCUT2D eigenvalue weighted by Gasteiger charge is 2.30. The highest BCUT2D eigenvalue weighted by Crippen LogP contribution is 2.35. The first-order valence-electron chi connectivity index (χ1n) is 8.23. The van der Waals surface area contributed by atoms with Gasteiger partial charge in [-0.3, -0.25) is 4.79 Å². The zero-order valence-corrected chi connectivity index (χ0v) is 14.0. The van der Waals surface area contributed by atoms with Crippen LogP contribution in [0.5, 0.6) is 5.75 Å². The van der Waals surface area contributed by atoms with Gasteiger partial charge in [-0.15, -0.1) is 0 Å². The van der Waals surface area contributed by atoms with Crippen LogP contribution in [0.25, 0.3) is 0 Å². The number of hydrogen-bond donors (Lipinski definition) is 0. The smallest absolute Gasteiger partial charge is 0.308 e. The maximum atomic E-state index is 11.6. The lowest BCUT2D eigenvalue weighted by Gasteiger charge is -2.24. The zero-order valence-electron chi connectivity index (χ0n) is 14.0. The Bertz CT molecular complexity index is 690. The fourth-order valence-electron chi connectivity index (χ4n) is 3.21. The van der Waals surface area contributed by atoms with Crippen molar-refractivity contribution < 1.29 is 18.8 Å². The monoisotopic (exact) mass is 330 g/mol. The van der Waals surface area contributed by atoms with Crippen LogP contribution in [0.2, 0.25) is 0 Å². The normalized spacial score (nSPS) is 20.6. The summed E-state index contributed by atoms with van der Waals surface area (Å²) in [6.07, 6.45) is 3.98. The van der Waals surface area contributed by atoms with Crippen molar-refractivity contribution >= 4 is 5.97 Å². The number of rotatable bonds is 5. The zero-order chi connectivity index (χ0) is 16.9. The maximum Gasteiger partial charge on any atom is 0.308 e. The van der Waals surface area contributed by atoms with Crippen LogP contribution in [0.4, 0.5) is 0 Å². The van der Waals surface area contributed by atoms with Crippen LogP contribution in [0.15, 0.2) is 28.8 Å². The fraction of sp³-hybridized carbons (Fsp3) is 0.500. The van der Waals surface area contributed by atoms with Gasteiger partial charge in [0.25, 0.3) is 0 Å². The van der Waals surface area contributed by atoms with Gasteiger partial charge in [0.2, 0.25) is 5.89 Å². The predicted molar refractivity (Wildman–Crippen MR) is 86.8 cm³/mol. The Hall–Kier alpha value is -2.37. The minimum Gasteiger partial charge on any atom is -0.497 e. The third kappa shape index (κ3) is 3.75. The molecule has 1 aliphatic carbocycles. The van der Waals surface area contributed by atoms with E-state index in [2.05, 4.69) is 10.1 Å². The standard InChI is InChI=1S/C18H22N2O4/c1-22-15-5-3-4-12(10-15)11-16-19-17(24-20-16)13-6-8-14(9-7-13)18(21)23-2/h3-5,10,13-14H,6-9,11H2,1-2H3. The maximum absolute atomic E-state index is 11.6. The van der Waals surface area contributed by atoms with Crippen LogP contribution in [0.3, 0.4) is 0 Å². The summed E-state index contributed by atoms with van der Waals surface area (Å²) in [7, 11) is 3.09. The molecule has 1 heterocycles. The summed E-state index contributed by atoms with van der Waals surface area (Å²) in [5.74, 6) is 2.29. The third-order valence-corrected chi connectivity index (χ3v) is 4.59. The lowest BCUT2D eigenvalue weighted by atomic mass is 9.82. The summed E-state index contributed by atoms with van der Waals surface area (Å²) in [5.41, 5.74) is 1.08. The average molecular weight is 330 g/mol. The Morgan fingerprint density at radius 1 is 1.25 bits per heavy atom. The molecule has 0 spiro atoms. The van der Waals surface area contributed by atoms with E-state index in [1.165, 1.54) is 7.11 Å². The summed E-state index contributed by atoms with van der Waals surface area (Å²) < 4.78 is 15.5. The SMILES string of the molecule is COC(=O)C1CCC(c2nc(Cc3cccc(OC)c3)no2)CC1. The molecule has 0 unspecified atom stereocenters. The van der Waals surface area contributed by atoms with Gasteiger partial charge in [0.15, 0.2) is 5.82 Å². The van der Waals surface area contributed by atoms with E-state index in [9.17, 15) is 4.79 Å². The molecule has 2 aromatic rings. The van der Waals surface area contributed by atoms with Gasteiger partial charge in [0.05, 0.1) is 20.1 Å². The lowest BCUT2D eigenvalue weighted by molar-refractivity contribution is -0.146. The Morgan fingerprint density at radius 3 is 2.75 bits per heavy atom. The van der Waals surface area contributed by atoms with Gasteiger partial charge in [-0.25, -0.2) is 0 Å². The Balaban J connectivity index is 1.61. The number of benzene rings is 1. The van der Waals surface area contributed by atoms with E-state index in [0.29, 0.717) is 18.1 Å². The molecule has 1 fully saturated rings. The molecule has 6 heteroatoms. The topological polar surface area (TPSA) is 74.5 Å². The molecule has 0 saturated heterocycles. The van der Waals surface area contributed by atoms with Crippen LogP contribution >= 0.6 is 0 Å². The number of ether oxygens (including phenoxy) is 2. The van der Waals surface area contributed by atoms with Crippen LogP contribution in [-0.4, -0.2) is 30.3 Å². The van der Waals surface area contributed by atoms with Gasteiger partial charge in [-0.1, -0.05) is 17.3 Å². The second-order valence-corrected chi connectivity index (χ2v) is 6.15. The minimum atomic E-state index is -0.113. The molecule has 6 nitrogen and oxygen atoms in total. The van der Waals surface area contributed by atoms with Gasteiger partial charge < -0.3 is 14.0 Å². The second-order valence-electron chi connectivity index (χ2n) is 6.15. The van der Waals surface area contributed by atoms with E-state index in [1.807, 2.05) is 24.3 Å². The van der Waals surface area contributed by atoms with Crippen LogP contribution in [0, 0.1) is 5.92 Å². The number of esters is 1. The molecule has 0 atom stereocenters. The second kappa shape index (κ2) is 7.47. The third-order valence-electron chi connectivity index (χ3n) is 4.59. The summed E-state index contributed by atoms with van der Waals surface area (Å²) in [4.78, 5) is 16.1. The van der Waals surface area contributed by atoms with Crippen LogP contribution in [-0.2, 0) is 16.0 Å². The molecule has 0 radical (unpaired) electrons. The first-order valence-corrected chi connectivity index (χ1v) is 8.23. The van der Waals surface area contributed by atoms with E-state index in [4.69, 9.17) is 14.0 Å². The lowest BCUT2D eigenvalue weighted by Crippen LogP contribution is -2.22. The van der Waals surface area contributed by atoms with Crippen molar-refractivity contribution in [2.24, 2.45) is 5.92 Å². The molecule has 0 N–H and O–H groups in total. The van der Waals surface area contributed by atoms with Crippen molar-refractivity contribution in [3.8, 4) is 5.75 Å². The number of aromatic nitrogens is 2. The Kier molecular flexibility index (Phi) is 5.13. The molecule has 1 aliphatic rings. The van der Waals surface area contributed by atoms with E-state index in [-0.39, 0.29) is 17.8 Å². The molecule has 1 aromatic heterocycles. The molecule has 0 bridgehead atoms. The molecular weight excluding hydrogens is 308 g/mol. The average Bonchev–Trinajstić information content (AvgIpc) is 3.09. The highest BCUT2D eigenvalue weighted by molar-refractivity contribution is 5.72. The van der Waals surface area contributed by atoms with Crippen molar-refractivity contribution in [3.63, 3.8) is 0 Å². The number of carbonyl (C=O) groups is 1. The van der Waals surface area contributed by atoms with Gasteiger partial charge in [-0.05, 0) is 43.4 Å². The number of methoxy groups -OCH3 is 2. The minimum absolute atomic E-state index is 0.00502. The Labute approximate surface area is 141 Å². The molecule has 1 aromatic carbocycles. The highest BCUT2D eigenvalue weighted by atomic mass is 16.5. The molecule has 0 aliphatic heterocycles. The van der Waals surface area contributed by atoms with Crippen molar-refractivity contribution in [3.05, 3.63) is 41.5 Å². The van der Waals surface area contributed by atoms with Gasteiger partial charge >= 0.3 is 5.97 Å². The largest absolute Gasteiger partial charge is 0.497 e. The summed E-state index contributed by atoms with van der Waals surface area (Å²) in [5, 5.41) is 4.09. The van der Waals surface area contributed by atoms with Gasteiger partial charge in [-0.2, -0.15) is 4.98 Å². The predicted octanol–water partition coefficient (Wildman–Crippen LogP) is 3.12. The molecule has 24 heavy (non-hydrogen) atoms. The van der Waals surface area contributed by atoms with E-state index >= 15 is 0 Å². The molecule has 0 amide bonds. The van der Waals surface area contributed by atoms with E-state index < -0.39 is 0 Å². The van der Waals surface area contributed by atoms with Gasteiger partial charge in [0.1, 0.15) is 5.75 Å². The number of nitrogens with zero attached hydrogens (tertiary/aromatic N) is 2. The first kappa shape index (κ1) is 16.5. The van der Waals surface area contributed by atoms with Crippen molar-refractivity contribution in [1.82, 2.24) is 10.1 Å². The van der Waals surface area contributed by atoms with Crippen molar-refractivity contribution in [2.75, 3.05) is 14.2 Å². The number of carbonyl (C=O) groups excluding carboxylic acids is 1. The van der Waals surface area contributed by atoms with Crippen molar-refractivity contribution in [2.45, 2.75) is 38.0 Å². The molecule has 3 rings (SSSR count). The van der Waals surface area contributed by atoms with Gasteiger partial charge in [0, 0.05) is 12.3 Å². The molecular formula is C18H22N2O4. The van der Waals surface area contributed by atoms with Crippen LogP contribution < -0.4 is 4.74 Å². The molecule has 128 valence electrons. The van der Waals surface area contributed by atoms with E-state index in [0.717, 1.165) is 37.0 Å². The quantitative estimate of drug-likeness (QED) is 0.784. The van der Waals surface area contributed by atoms with Crippen LogP contribution in [0.1, 0.15) is 48.9 Å². The summed E-state index contributed by atoms with van der Waals surface area (Å²) >= 11 is 0. The molecule has 1 saturated carbocycles. The Morgan fingerprint density at radius 2 is 2.04 bits per heavy atom. The summed E-state index contributed by atoms with van der Waals surface area (Å²) in [6.45, 7) is 0. The number of hydrogen-bond acceptors (Lipinski definition) is 6. The van der Waals surface area contributed by atoms with E-state index in [1.54, 1.807) is 7.11 Å². The van der Waals surface area contributed by atoms with Crippen molar-refractivity contribution in [1.29, 1.82) is 0 Å². The first-order chi connectivity index (χ1) is 11.7. The fourth-order valence-corrected chi connectivity index (χ4v) is 3.21. The summed E-state index contributed by atoms with van der Waals surface area (Å²) in [6, 6.07) is 7.84.